The first-order valence-electron chi connectivity index (χ1n) is 8.96. The van der Waals surface area contributed by atoms with E-state index < -0.39 is 17.8 Å². The Morgan fingerprint density at radius 3 is 2.12 bits per heavy atom. The van der Waals surface area contributed by atoms with E-state index in [0.29, 0.717) is 6.54 Å². The van der Waals surface area contributed by atoms with Gasteiger partial charge in [0.05, 0.1) is 12.1 Å². The number of aliphatic hydroxyl groups is 1. The number of rotatable bonds is 7. The minimum absolute atomic E-state index is 0.00672. The van der Waals surface area contributed by atoms with Crippen molar-refractivity contribution in [3.8, 4) is 0 Å². The zero-order valence-corrected chi connectivity index (χ0v) is 16.6. The van der Waals surface area contributed by atoms with E-state index >= 15 is 0 Å². The first-order valence-corrected chi connectivity index (χ1v) is 8.96. The molecule has 0 aliphatic heterocycles. The highest BCUT2D eigenvalue weighted by atomic mass is 16.6. The van der Waals surface area contributed by atoms with Gasteiger partial charge in [0.25, 0.3) is 0 Å². The van der Waals surface area contributed by atoms with Crippen molar-refractivity contribution in [1.82, 2.24) is 10.6 Å². The van der Waals surface area contributed by atoms with Crippen LogP contribution in [0.3, 0.4) is 0 Å². The summed E-state index contributed by atoms with van der Waals surface area (Å²) in [7, 11) is 0. The molecular weight excluding hydrogens is 316 g/mol. The Morgan fingerprint density at radius 2 is 1.64 bits per heavy atom. The molecule has 142 valence electrons. The first kappa shape index (κ1) is 21.5. The molecule has 0 aromatic heterocycles. The summed E-state index contributed by atoms with van der Waals surface area (Å²) in [5, 5.41) is 16.5. The van der Waals surface area contributed by atoms with Crippen molar-refractivity contribution in [1.29, 1.82) is 0 Å². The number of benzene rings is 1. The second-order valence-electron chi connectivity index (χ2n) is 8.17. The lowest BCUT2D eigenvalue weighted by molar-refractivity contribution is 0.0508. The van der Waals surface area contributed by atoms with Gasteiger partial charge in [-0.05, 0) is 59.1 Å². The van der Waals surface area contributed by atoms with Crippen LogP contribution in [0.15, 0.2) is 24.3 Å². The Labute approximate surface area is 152 Å². The molecule has 0 spiro atoms. The van der Waals surface area contributed by atoms with Gasteiger partial charge in [-0.1, -0.05) is 31.2 Å². The second kappa shape index (κ2) is 8.68. The molecule has 3 N–H and O–H groups in total. The van der Waals surface area contributed by atoms with E-state index in [1.807, 2.05) is 52.0 Å². The molecule has 0 radical (unpaired) electrons. The summed E-state index contributed by atoms with van der Waals surface area (Å²) < 4.78 is 5.27. The summed E-state index contributed by atoms with van der Waals surface area (Å²) in [6.45, 7) is 14.3. The zero-order chi connectivity index (χ0) is 19.3. The number of hydrogen-bond donors (Lipinski definition) is 3. The van der Waals surface area contributed by atoms with Gasteiger partial charge >= 0.3 is 6.09 Å². The van der Waals surface area contributed by atoms with Crippen molar-refractivity contribution in [3.05, 3.63) is 35.4 Å². The molecule has 5 heteroatoms. The summed E-state index contributed by atoms with van der Waals surface area (Å²) in [6, 6.07) is 7.47. The minimum Gasteiger partial charge on any atom is -0.444 e. The number of hydrogen-bond acceptors (Lipinski definition) is 4. The van der Waals surface area contributed by atoms with Gasteiger partial charge in [-0.3, -0.25) is 0 Å². The van der Waals surface area contributed by atoms with Crippen LogP contribution in [0.5, 0.6) is 0 Å². The first-order chi connectivity index (χ1) is 11.4. The molecule has 1 rings (SSSR count). The van der Waals surface area contributed by atoms with Crippen molar-refractivity contribution in [2.24, 2.45) is 0 Å². The molecule has 0 aliphatic rings. The predicted molar refractivity (Wildman–Crippen MR) is 102 cm³/mol. The van der Waals surface area contributed by atoms with Crippen LogP contribution in [0, 0.1) is 0 Å². The number of aliphatic hydroxyl groups excluding tert-OH is 1. The van der Waals surface area contributed by atoms with Gasteiger partial charge < -0.3 is 20.5 Å². The topological polar surface area (TPSA) is 70.6 Å². The van der Waals surface area contributed by atoms with Crippen LogP contribution >= 0.6 is 0 Å². The zero-order valence-electron chi connectivity index (χ0n) is 16.6. The fraction of sp³-hybridized carbons (Fsp3) is 0.650. The molecule has 0 unspecified atom stereocenters. The van der Waals surface area contributed by atoms with Crippen LogP contribution in [0.1, 0.15) is 78.2 Å². The van der Waals surface area contributed by atoms with E-state index in [0.717, 1.165) is 17.5 Å². The third-order valence-corrected chi connectivity index (χ3v) is 4.21. The van der Waals surface area contributed by atoms with Gasteiger partial charge in [0, 0.05) is 12.1 Å². The number of alkyl carbamates (subject to hydrolysis) is 1. The fourth-order valence-electron chi connectivity index (χ4n) is 2.19. The monoisotopic (exact) mass is 350 g/mol. The van der Waals surface area contributed by atoms with Gasteiger partial charge in [0.1, 0.15) is 5.60 Å². The van der Waals surface area contributed by atoms with E-state index in [2.05, 4.69) is 31.4 Å². The van der Waals surface area contributed by atoms with E-state index in [9.17, 15) is 9.90 Å². The van der Waals surface area contributed by atoms with Crippen LogP contribution < -0.4 is 10.6 Å². The normalized spacial score (nSPS) is 14.7. The van der Waals surface area contributed by atoms with Gasteiger partial charge in [0.2, 0.25) is 0 Å². The Bertz CT molecular complexity index is 547. The summed E-state index contributed by atoms with van der Waals surface area (Å²) in [5.74, 6) is 0. The second-order valence-corrected chi connectivity index (χ2v) is 8.17. The number of carbonyl (C=O) groups excluding carboxylic acids is 1. The van der Waals surface area contributed by atoms with Gasteiger partial charge in [-0.25, -0.2) is 4.79 Å². The Morgan fingerprint density at radius 1 is 1.12 bits per heavy atom. The maximum atomic E-state index is 11.8. The van der Waals surface area contributed by atoms with E-state index in [1.54, 1.807) is 0 Å². The highest BCUT2D eigenvalue weighted by Crippen LogP contribution is 2.19. The molecule has 2 atom stereocenters. The molecule has 0 saturated carbocycles. The summed E-state index contributed by atoms with van der Waals surface area (Å²) in [4.78, 5) is 11.8. The van der Waals surface area contributed by atoms with Crippen LogP contribution in [0.25, 0.3) is 0 Å². The number of carbonyl (C=O) groups is 1. The van der Waals surface area contributed by atoms with Crippen LogP contribution in [-0.2, 0) is 4.74 Å². The number of amides is 1. The number of ether oxygens (including phenoxy) is 1. The van der Waals surface area contributed by atoms with Crippen LogP contribution in [0.2, 0.25) is 0 Å². The lowest BCUT2D eigenvalue weighted by Crippen LogP contribution is -2.40. The van der Waals surface area contributed by atoms with E-state index in [4.69, 9.17) is 4.74 Å². The molecule has 0 saturated heterocycles. The molecule has 25 heavy (non-hydrogen) atoms. The highest BCUT2D eigenvalue weighted by Gasteiger charge is 2.19. The molecule has 1 aromatic rings. The van der Waals surface area contributed by atoms with Crippen molar-refractivity contribution in [2.75, 3.05) is 6.54 Å². The van der Waals surface area contributed by atoms with Crippen molar-refractivity contribution in [2.45, 2.75) is 78.2 Å². The highest BCUT2D eigenvalue weighted by molar-refractivity contribution is 5.68. The minimum atomic E-state index is -0.561. The maximum Gasteiger partial charge on any atom is 0.408 e. The number of β-amino-alcohol motifs (C(OH)–C–C–N with tert-alkyl or cyclic N) is 1. The largest absolute Gasteiger partial charge is 0.444 e. The summed E-state index contributed by atoms with van der Waals surface area (Å²) in [6.07, 6.45) is -0.00363. The average Bonchev–Trinajstić information content (AvgIpc) is 2.51. The lowest BCUT2D eigenvalue weighted by atomic mass is 10.00. The molecular formula is C20H34N2O3. The molecule has 0 fully saturated rings. The maximum absolute atomic E-state index is 11.8. The average molecular weight is 351 g/mol. The molecule has 1 amide bonds. The third-order valence-electron chi connectivity index (χ3n) is 4.21. The standard InChI is InChI=1S/C20H34N2O3/c1-8-20(6,7)21-13-17(23)16-11-9-15(10-12-16)14(2)22-18(24)25-19(3,4)5/h9-12,14,17,21,23H,8,13H2,1-7H3,(H,22,24)/t14-,17+/m0/s1. The third kappa shape index (κ3) is 7.88. The molecule has 5 nitrogen and oxygen atoms in total. The summed E-state index contributed by atoms with van der Waals surface area (Å²) in [5.41, 5.74) is 1.31. The quantitative estimate of drug-likeness (QED) is 0.693. The fourth-order valence-corrected chi connectivity index (χ4v) is 2.19. The van der Waals surface area contributed by atoms with E-state index in [1.165, 1.54) is 0 Å². The van der Waals surface area contributed by atoms with Crippen molar-refractivity contribution >= 4 is 6.09 Å². The number of nitrogens with one attached hydrogen (secondary N) is 2. The van der Waals surface area contributed by atoms with Gasteiger partial charge in [-0.2, -0.15) is 0 Å². The van der Waals surface area contributed by atoms with Crippen LogP contribution in [0.4, 0.5) is 4.79 Å². The van der Waals surface area contributed by atoms with Crippen LogP contribution in [-0.4, -0.2) is 28.9 Å². The Kier molecular flexibility index (Phi) is 7.44. The van der Waals surface area contributed by atoms with E-state index in [-0.39, 0.29) is 11.6 Å². The van der Waals surface area contributed by atoms with Gasteiger partial charge in [-0.15, -0.1) is 0 Å². The predicted octanol–water partition coefficient (Wildman–Crippen LogP) is 4.08. The molecule has 0 aliphatic carbocycles. The molecule has 0 heterocycles. The van der Waals surface area contributed by atoms with Gasteiger partial charge in [0.15, 0.2) is 0 Å². The SMILES string of the molecule is CCC(C)(C)NC[C@@H](O)c1ccc([C@H](C)NC(=O)OC(C)(C)C)cc1. The Balaban J connectivity index is 2.61. The van der Waals surface area contributed by atoms with Crippen molar-refractivity contribution in [3.63, 3.8) is 0 Å². The molecule has 0 bridgehead atoms. The van der Waals surface area contributed by atoms with Crippen molar-refractivity contribution < 1.29 is 14.6 Å². The smallest absolute Gasteiger partial charge is 0.408 e. The lowest BCUT2D eigenvalue weighted by Gasteiger charge is -2.26. The molecule has 1 aromatic carbocycles. The Hall–Kier alpha value is -1.59. The summed E-state index contributed by atoms with van der Waals surface area (Å²) >= 11 is 0.